The van der Waals surface area contributed by atoms with Gasteiger partial charge >= 0.3 is 5.63 Å². The zero-order chi connectivity index (χ0) is 23.2. The molecule has 7 heteroatoms. The molecule has 0 bridgehead atoms. The molecule has 3 aromatic carbocycles. The molecule has 0 N–H and O–H groups in total. The normalized spacial score (nSPS) is 16.1. The van der Waals surface area contributed by atoms with E-state index >= 15 is 0 Å². The van der Waals surface area contributed by atoms with Crippen molar-refractivity contribution in [3.8, 4) is 0 Å². The fourth-order valence-electron chi connectivity index (χ4n) is 4.23. The van der Waals surface area contributed by atoms with Gasteiger partial charge in [0.05, 0.1) is 0 Å². The molecule has 2 aliphatic heterocycles. The number of aliphatic imine (C=N–C) groups is 2. The maximum Gasteiger partial charge on any atom is 0.349 e. The van der Waals surface area contributed by atoms with Crippen LogP contribution in [0.3, 0.4) is 0 Å². The van der Waals surface area contributed by atoms with E-state index in [9.17, 15) is 9.59 Å². The van der Waals surface area contributed by atoms with Crippen LogP contribution >= 0.6 is 22.6 Å². The van der Waals surface area contributed by atoms with Crippen LogP contribution in [-0.4, -0.2) is 22.5 Å². The molecular weight excluding hydrogens is 541 g/mol. The summed E-state index contributed by atoms with van der Waals surface area (Å²) < 4.78 is 6.57. The lowest BCUT2D eigenvalue weighted by molar-refractivity contribution is 0.0999. The zero-order valence-electron chi connectivity index (χ0n) is 17.7. The average Bonchev–Trinajstić information content (AvgIpc) is 2.99. The van der Waals surface area contributed by atoms with Crippen LogP contribution in [0, 0.1) is 0 Å². The van der Waals surface area contributed by atoms with Crippen molar-refractivity contribution >= 4 is 61.9 Å². The number of hydrogen-bond acceptors (Lipinski definition) is 4. The summed E-state index contributed by atoms with van der Waals surface area (Å²) in [7, 11) is 0. The highest BCUT2D eigenvalue weighted by molar-refractivity contribution is 14.1. The Kier molecular flexibility index (Phi) is 4.99. The lowest BCUT2D eigenvalue weighted by Gasteiger charge is -2.21. The van der Waals surface area contributed by atoms with E-state index in [4.69, 9.17) is 4.42 Å². The van der Waals surface area contributed by atoms with Crippen molar-refractivity contribution in [2.75, 3.05) is 0 Å². The molecule has 164 valence electrons. The van der Waals surface area contributed by atoms with Crippen LogP contribution in [-0.2, 0) is 6.54 Å². The summed E-state index contributed by atoms with van der Waals surface area (Å²) in [6, 6.07) is 20.7. The van der Waals surface area contributed by atoms with Crippen LogP contribution in [0.4, 0.5) is 0 Å². The molecule has 0 radical (unpaired) electrons. The predicted octanol–water partition coefficient (Wildman–Crippen LogP) is 5.59. The third kappa shape index (κ3) is 3.58. The van der Waals surface area contributed by atoms with E-state index in [1.807, 2.05) is 77.8 Å². The number of carbonyl (C=O) groups excluding carboxylic acids is 1. The monoisotopic (exact) mass is 557 g/mol. The van der Waals surface area contributed by atoms with Crippen LogP contribution < -0.4 is 5.63 Å². The number of amides is 1. The molecule has 1 aromatic heterocycles. The van der Waals surface area contributed by atoms with Crippen molar-refractivity contribution in [1.82, 2.24) is 4.90 Å². The van der Waals surface area contributed by atoms with E-state index in [0.29, 0.717) is 23.3 Å². The number of allylic oxidation sites excluding steroid dienone is 2. The molecule has 4 aromatic rings. The first-order chi connectivity index (χ1) is 16.6. The topological polar surface area (TPSA) is 75.2 Å². The fraction of sp³-hybridized carbons (Fsp3) is 0.0370. The summed E-state index contributed by atoms with van der Waals surface area (Å²) >= 11 is 2.26. The number of halogens is 1. The van der Waals surface area contributed by atoms with Crippen LogP contribution in [0.2, 0.25) is 0 Å². The van der Waals surface area contributed by atoms with Gasteiger partial charge < -0.3 is 9.32 Å². The second-order valence-electron chi connectivity index (χ2n) is 7.99. The first-order valence-corrected chi connectivity index (χ1v) is 11.7. The Bertz CT molecular complexity index is 1690. The number of nitrogens with zero attached hydrogens (tertiary/aromatic N) is 3. The van der Waals surface area contributed by atoms with Gasteiger partial charge in [0.1, 0.15) is 17.0 Å². The van der Waals surface area contributed by atoms with E-state index < -0.39 is 11.5 Å². The van der Waals surface area contributed by atoms with Crippen molar-refractivity contribution in [2.45, 2.75) is 6.54 Å². The smallest absolute Gasteiger partial charge is 0.349 e. The Morgan fingerprint density at radius 2 is 1.82 bits per heavy atom. The molecule has 0 saturated carbocycles. The molecule has 0 saturated heterocycles. The largest absolute Gasteiger partial charge is 0.422 e. The molecule has 6 nitrogen and oxygen atoms in total. The van der Waals surface area contributed by atoms with Crippen molar-refractivity contribution in [1.29, 1.82) is 0 Å². The molecule has 2 aliphatic rings. The van der Waals surface area contributed by atoms with E-state index in [2.05, 4.69) is 32.6 Å². The van der Waals surface area contributed by atoms with Gasteiger partial charge in [-0.15, -0.1) is 0 Å². The molecule has 0 unspecified atom stereocenters. The first kappa shape index (κ1) is 20.7. The molecular formula is C27H16IN3O3. The van der Waals surface area contributed by atoms with Gasteiger partial charge in [-0.05, 0) is 63.2 Å². The van der Waals surface area contributed by atoms with E-state index in [-0.39, 0.29) is 11.4 Å². The number of benzene rings is 3. The van der Waals surface area contributed by atoms with Gasteiger partial charge in [-0.3, -0.25) is 4.79 Å². The molecule has 0 fully saturated rings. The van der Waals surface area contributed by atoms with Crippen LogP contribution in [0.5, 0.6) is 0 Å². The summed E-state index contributed by atoms with van der Waals surface area (Å²) in [6.07, 6.45) is 5.85. The zero-order valence-corrected chi connectivity index (χ0v) is 19.9. The van der Waals surface area contributed by atoms with Gasteiger partial charge in [0, 0.05) is 27.3 Å². The third-order valence-electron chi connectivity index (χ3n) is 5.86. The lowest BCUT2D eigenvalue weighted by Crippen LogP contribution is -2.25. The highest BCUT2D eigenvalue weighted by Gasteiger charge is 2.23. The quantitative estimate of drug-likeness (QED) is 0.174. The molecule has 6 rings (SSSR count). The summed E-state index contributed by atoms with van der Waals surface area (Å²) in [5.74, 6) is 0.265. The maximum atomic E-state index is 13.3. The SMILES string of the molecule is O=C(N=C1N=C2C=CC(I)=CN2Cc2ccccc21)c1cc2c(ccc3ccccc32)oc1=O. The van der Waals surface area contributed by atoms with Gasteiger partial charge in [-0.2, -0.15) is 4.99 Å². The lowest BCUT2D eigenvalue weighted by atomic mass is 10.0. The first-order valence-electron chi connectivity index (χ1n) is 10.6. The Morgan fingerprint density at radius 3 is 2.74 bits per heavy atom. The minimum atomic E-state index is -0.719. The minimum Gasteiger partial charge on any atom is -0.422 e. The highest BCUT2D eigenvalue weighted by atomic mass is 127. The van der Waals surface area contributed by atoms with Crippen molar-refractivity contribution in [3.05, 3.63) is 116 Å². The highest BCUT2D eigenvalue weighted by Crippen LogP contribution is 2.26. The number of rotatable bonds is 1. The van der Waals surface area contributed by atoms with Gasteiger partial charge in [0.15, 0.2) is 5.84 Å². The fourth-order valence-corrected chi connectivity index (χ4v) is 4.74. The molecule has 3 heterocycles. The summed E-state index contributed by atoms with van der Waals surface area (Å²) in [5, 5.41) is 2.58. The molecule has 0 spiro atoms. The summed E-state index contributed by atoms with van der Waals surface area (Å²) in [6.45, 7) is 0.600. The van der Waals surface area contributed by atoms with Crippen LogP contribution in [0.15, 0.2) is 108 Å². The van der Waals surface area contributed by atoms with Gasteiger partial charge in [0.25, 0.3) is 5.91 Å². The second kappa shape index (κ2) is 8.18. The Morgan fingerprint density at radius 1 is 1.00 bits per heavy atom. The minimum absolute atomic E-state index is 0.122. The Labute approximate surface area is 207 Å². The average molecular weight is 557 g/mol. The second-order valence-corrected chi connectivity index (χ2v) is 9.23. The molecule has 0 aliphatic carbocycles. The number of hydrogen-bond donors (Lipinski definition) is 0. The van der Waals surface area contributed by atoms with Gasteiger partial charge in [-0.25, -0.2) is 9.79 Å². The van der Waals surface area contributed by atoms with Crippen LogP contribution in [0.1, 0.15) is 21.5 Å². The van der Waals surface area contributed by atoms with E-state index in [1.54, 1.807) is 12.1 Å². The predicted molar refractivity (Wildman–Crippen MR) is 142 cm³/mol. The van der Waals surface area contributed by atoms with Gasteiger partial charge in [0.2, 0.25) is 0 Å². The number of fused-ring (bicyclic) bond motifs is 5. The van der Waals surface area contributed by atoms with Crippen LogP contribution in [0.25, 0.3) is 21.7 Å². The Balaban J connectivity index is 1.51. The van der Waals surface area contributed by atoms with Crippen molar-refractivity contribution < 1.29 is 9.21 Å². The third-order valence-corrected chi connectivity index (χ3v) is 6.50. The molecule has 34 heavy (non-hydrogen) atoms. The molecule has 0 atom stereocenters. The van der Waals surface area contributed by atoms with Crippen molar-refractivity contribution in [2.24, 2.45) is 9.98 Å². The maximum absolute atomic E-state index is 13.3. The number of carbonyl (C=O) groups is 1. The number of amidine groups is 2. The van der Waals surface area contributed by atoms with Gasteiger partial charge in [-0.1, -0.05) is 54.6 Å². The van der Waals surface area contributed by atoms with E-state index in [1.165, 1.54) is 0 Å². The standard InChI is InChI=1S/C27H16IN3O3/c28-18-10-12-24-29-25(20-8-4-2-6-17(20)14-31(24)15-18)30-26(32)22-13-21-19-7-3-1-5-16(19)9-11-23(21)34-27(22)33/h1-13,15H,14H2. The summed E-state index contributed by atoms with van der Waals surface area (Å²) in [4.78, 5) is 37.0. The van der Waals surface area contributed by atoms with E-state index in [0.717, 1.165) is 25.5 Å². The van der Waals surface area contributed by atoms with Crippen molar-refractivity contribution in [3.63, 3.8) is 0 Å². The summed E-state index contributed by atoms with van der Waals surface area (Å²) in [5.41, 5.74) is 1.33. The Hall–Kier alpha value is -3.85. The molecule has 1 amide bonds.